The number of ether oxygens (including phenoxy) is 1. The summed E-state index contributed by atoms with van der Waals surface area (Å²) in [5.41, 5.74) is 0.919. The van der Waals surface area contributed by atoms with Gasteiger partial charge >= 0.3 is 0 Å². The molecule has 0 aliphatic carbocycles. The van der Waals surface area contributed by atoms with E-state index in [0.29, 0.717) is 54.8 Å². The third kappa shape index (κ3) is 4.61. The van der Waals surface area contributed by atoms with Crippen LogP contribution in [0.3, 0.4) is 0 Å². The van der Waals surface area contributed by atoms with E-state index >= 15 is 0 Å². The summed E-state index contributed by atoms with van der Waals surface area (Å²) in [5, 5.41) is 12.4. The first-order chi connectivity index (χ1) is 16.7. The lowest BCUT2D eigenvalue weighted by Gasteiger charge is -2.30. The zero-order valence-electron chi connectivity index (χ0n) is 18.2. The van der Waals surface area contributed by atoms with Gasteiger partial charge < -0.3 is 23.8 Å². The molecular weight excluding hydrogens is 434 g/mol. The monoisotopic (exact) mass is 455 g/mol. The van der Waals surface area contributed by atoms with Crippen LogP contribution in [0, 0.1) is 17.2 Å². The highest BCUT2D eigenvalue weighted by molar-refractivity contribution is 5.92. The van der Waals surface area contributed by atoms with Crippen LogP contribution < -0.4 is 15.0 Å². The number of piperidine rings is 1. The van der Waals surface area contributed by atoms with E-state index in [1.54, 1.807) is 36.7 Å². The van der Waals surface area contributed by atoms with Gasteiger partial charge in [-0.1, -0.05) is 0 Å². The summed E-state index contributed by atoms with van der Waals surface area (Å²) in [7, 11) is 0. The predicted octanol–water partition coefficient (Wildman–Crippen LogP) is 4.85. The van der Waals surface area contributed by atoms with Crippen LogP contribution in [0.5, 0.6) is 11.5 Å². The molecule has 1 fully saturated rings. The van der Waals surface area contributed by atoms with Gasteiger partial charge in [0, 0.05) is 37.1 Å². The molecule has 1 saturated heterocycles. The largest absolute Gasteiger partial charge is 0.459 e. The van der Waals surface area contributed by atoms with Crippen molar-refractivity contribution in [1.82, 2.24) is 9.97 Å². The number of carbonyl (C=O) groups is 1. The lowest BCUT2D eigenvalue weighted by Crippen LogP contribution is -2.38. The number of hydrogen-bond acceptors (Lipinski definition) is 8. The van der Waals surface area contributed by atoms with Gasteiger partial charge in [-0.25, -0.2) is 0 Å². The van der Waals surface area contributed by atoms with Gasteiger partial charge in [0.1, 0.15) is 17.6 Å². The molecular formula is C25H21N5O4. The number of nitrogens with zero attached hydrogens (tertiary/aromatic N) is 4. The number of nitrogens with one attached hydrogen (secondary N) is 1. The molecule has 0 spiro atoms. The summed E-state index contributed by atoms with van der Waals surface area (Å²) < 4.78 is 16.9. The van der Waals surface area contributed by atoms with Crippen molar-refractivity contribution >= 4 is 17.5 Å². The Labute approximate surface area is 195 Å². The molecule has 9 nitrogen and oxygen atoms in total. The number of anilines is 2. The van der Waals surface area contributed by atoms with Gasteiger partial charge in [-0.2, -0.15) is 10.2 Å². The second-order valence-electron chi connectivity index (χ2n) is 7.82. The number of furan rings is 1. The first kappa shape index (κ1) is 21.3. The minimum atomic E-state index is -0.137. The van der Waals surface area contributed by atoms with Gasteiger partial charge in [-0.3, -0.25) is 9.78 Å². The van der Waals surface area contributed by atoms with Crippen molar-refractivity contribution in [2.45, 2.75) is 12.8 Å². The fraction of sp³-hybridized carbons (Fsp3) is 0.200. The number of oxazole rings is 1. The van der Waals surface area contributed by atoms with Crippen molar-refractivity contribution in [2.75, 3.05) is 23.3 Å². The third-order valence-electron chi connectivity index (χ3n) is 5.61. The van der Waals surface area contributed by atoms with Crippen LogP contribution in [-0.4, -0.2) is 29.0 Å². The molecule has 3 aromatic heterocycles. The quantitative estimate of drug-likeness (QED) is 0.438. The Hall–Kier alpha value is -4.58. The van der Waals surface area contributed by atoms with Crippen LogP contribution in [0.1, 0.15) is 18.5 Å². The van der Waals surface area contributed by atoms with Crippen molar-refractivity contribution in [3.63, 3.8) is 0 Å². The minimum Gasteiger partial charge on any atom is -0.459 e. The van der Waals surface area contributed by atoms with Crippen molar-refractivity contribution < 1.29 is 18.4 Å². The van der Waals surface area contributed by atoms with Crippen molar-refractivity contribution in [3.8, 4) is 29.2 Å². The topological polar surface area (TPSA) is 117 Å². The molecule has 1 aliphatic heterocycles. The molecule has 0 radical (unpaired) electrons. The molecule has 0 bridgehead atoms. The lowest BCUT2D eigenvalue weighted by molar-refractivity contribution is -0.120. The normalized spacial score (nSPS) is 13.9. The molecule has 0 saturated carbocycles. The number of nitriles is 1. The molecule has 1 N–H and O–H groups in total. The van der Waals surface area contributed by atoms with E-state index in [4.69, 9.17) is 13.6 Å². The first-order valence-corrected chi connectivity index (χ1v) is 10.9. The van der Waals surface area contributed by atoms with Crippen molar-refractivity contribution in [3.05, 3.63) is 72.9 Å². The molecule has 34 heavy (non-hydrogen) atoms. The maximum atomic E-state index is 12.8. The standard InChI is InChI=1S/C25H21N5O4/c26-16-21-25(34-24(29-21)22-2-1-15-32-22)30-13-9-17(10-14-30)23(31)28-18-3-5-19(6-4-18)33-20-7-11-27-12-8-20/h1-8,11-12,15,17H,9-10,13-14H2,(H,28,31). The van der Waals surface area contributed by atoms with E-state index in [9.17, 15) is 10.1 Å². The van der Waals surface area contributed by atoms with Gasteiger partial charge in [0.25, 0.3) is 5.89 Å². The molecule has 0 atom stereocenters. The van der Waals surface area contributed by atoms with Crippen molar-refractivity contribution in [1.29, 1.82) is 5.26 Å². The number of amides is 1. The molecule has 1 aliphatic rings. The Morgan fingerprint density at radius 2 is 1.82 bits per heavy atom. The highest BCUT2D eigenvalue weighted by Crippen LogP contribution is 2.31. The lowest BCUT2D eigenvalue weighted by atomic mass is 9.96. The molecule has 9 heteroatoms. The summed E-state index contributed by atoms with van der Waals surface area (Å²) in [6.45, 7) is 1.16. The van der Waals surface area contributed by atoms with E-state index in [1.807, 2.05) is 29.2 Å². The molecule has 1 aromatic carbocycles. The van der Waals surface area contributed by atoms with Gasteiger partial charge in [-0.15, -0.1) is 0 Å². The summed E-state index contributed by atoms with van der Waals surface area (Å²) in [6, 6.07) is 16.3. The SMILES string of the molecule is N#Cc1nc(-c2ccco2)oc1N1CCC(C(=O)Nc2ccc(Oc3ccncc3)cc2)CC1. The van der Waals surface area contributed by atoms with Crippen LogP contribution in [0.15, 0.2) is 76.0 Å². The van der Waals surface area contributed by atoms with E-state index < -0.39 is 0 Å². The molecule has 4 aromatic rings. The first-order valence-electron chi connectivity index (χ1n) is 10.9. The van der Waals surface area contributed by atoms with Crippen molar-refractivity contribution in [2.24, 2.45) is 5.92 Å². The van der Waals surface area contributed by atoms with Gasteiger partial charge in [0.2, 0.25) is 17.5 Å². The Bertz CT molecular complexity index is 1290. The van der Waals surface area contributed by atoms with Gasteiger partial charge in [0.15, 0.2) is 5.76 Å². The second kappa shape index (κ2) is 9.50. The maximum Gasteiger partial charge on any atom is 0.266 e. The highest BCUT2D eigenvalue weighted by atomic mass is 16.5. The fourth-order valence-electron chi connectivity index (χ4n) is 3.84. The molecule has 1 amide bonds. The number of pyridine rings is 1. The summed E-state index contributed by atoms with van der Waals surface area (Å²) in [4.78, 5) is 22.9. The number of aromatic nitrogens is 2. The Balaban J connectivity index is 1.17. The number of hydrogen-bond donors (Lipinski definition) is 1. The Morgan fingerprint density at radius 3 is 2.50 bits per heavy atom. The summed E-state index contributed by atoms with van der Waals surface area (Å²) in [5.74, 6) is 2.35. The molecule has 4 heterocycles. The number of carbonyl (C=O) groups excluding carboxylic acids is 1. The van der Waals surface area contributed by atoms with Crippen LogP contribution in [0.2, 0.25) is 0 Å². The van der Waals surface area contributed by atoms with E-state index in [1.165, 1.54) is 6.26 Å². The zero-order valence-corrected chi connectivity index (χ0v) is 18.2. The van der Waals surface area contributed by atoms with Gasteiger partial charge in [-0.05, 0) is 61.4 Å². The minimum absolute atomic E-state index is 0.0307. The number of benzene rings is 1. The zero-order chi connectivity index (χ0) is 23.3. The van der Waals surface area contributed by atoms with Crippen LogP contribution in [-0.2, 0) is 4.79 Å². The molecule has 5 rings (SSSR count). The van der Waals surface area contributed by atoms with E-state index in [2.05, 4.69) is 21.4 Å². The van der Waals surface area contributed by atoms with E-state index in [-0.39, 0.29) is 23.4 Å². The van der Waals surface area contributed by atoms with Crippen LogP contribution in [0.25, 0.3) is 11.7 Å². The molecule has 170 valence electrons. The number of rotatable bonds is 6. The Kier molecular flexibility index (Phi) is 5.95. The Morgan fingerprint density at radius 1 is 1.09 bits per heavy atom. The average Bonchev–Trinajstić information content (AvgIpc) is 3.56. The predicted molar refractivity (Wildman–Crippen MR) is 123 cm³/mol. The smallest absolute Gasteiger partial charge is 0.266 e. The fourth-order valence-corrected chi connectivity index (χ4v) is 3.84. The summed E-state index contributed by atoms with van der Waals surface area (Å²) in [6.07, 6.45) is 6.12. The maximum absolute atomic E-state index is 12.8. The van der Waals surface area contributed by atoms with E-state index in [0.717, 1.165) is 0 Å². The third-order valence-corrected chi connectivity index (χ3v) is 5.61. The summed E-state index contributed by atoms with van der Waals surface area (Å²) >= 11 is 0. The second-order valence-corrected chi connectivity index (χ2v) is 7.82. The van der Waals surface area contributed by atoms with Crippen LogP contribution in [0.4, 0.5) is 11.6 Å². The van der Waals surface area contributed by atoms with Gasteiger partial charge in [0.05, 0.1) is 6.26 Å². The van der Waals surface area contributed by atoms with Crippen LogP contribution >= 0.6 is 0 Å². The average molecular weight is 455 g/mol. The highest BCUT2D eigenvalue weighted by Gasteiger charge is 2.29. The molecule has 0 unspecified atom stereocenters.